The van der Waals surface area contributed by atoms with Crippen molar-refractivity contribution in [2.45, 2.75) is 13.1 Å². The van der Waals surface area contributed by atoms with Crippen LogP contribution in [0.3, 0.4) is 0 Å². The Morgan fingerprint density at radius 1 is 1.00 bits per heavy atom. The second kappa shape index (κ2) is 8.39. The summed E-state index contributed by atoms with van der Waals surface area (Å²) in [4.78, 5) is 0. The van der Waals surface area contributed by atoms with Crippen molar-refractivity contribution in [2.75, 3.05) is 26.8 Å². The maximum atomic E-state index is 12.9. The van der Waals surface area contributed by atoms with E-state index in [2.05, 4.69) is 10.5 Å². The second-order valence-electron chi connectivity index (χ2n) is 5.42. The summed E-state index contributed by atoms with van der Waals surface area (Å²) in [6.45, 7) is 1.68. The molecule has 0 aromatic heterocycles. The molecule has 0 fully saturated rings. The largest absolute Gasteiger partial charge is 0.493 e. The summed E-state index contributed by atoms with van der Waals surface area (Å²) >= 11 is 5.96. The smallest absolute Gasteiger partial charge is 0.416 e. The van der Waals surface area contributed by atoms with Gasteiger partial charge in [0.15, 0.2) is 11.5 Å². The van der Waals surface area contributed by atoms with Gasteiger partial charge in [-0.05, 0) is 37.3 Å². The van der Waals surface area contributed by atoms with Crippen LogP contribution in [0.4, 0.5) is 18.9 Å². The van der Waals surface area contributed by atoms with Gasteiger partial charge in [0.05, 0.1) is 43.3 Å². The molecule has 0 heterocycles. The number of hydrogen-bond acceptors (Lipinski definition) is 5. The molecule has 0 spiro atoms. The first-order valence-corrected chi connectivity index (χ1v) is 8.06. The molecule has 9 heteroatoms. The molecule has 2 aromatic carbocycles. The predicted octanol–water partition coefficient (Wildman–Crippen LogP) is 5.22. The predicted molar refractivity (Wildman–Crippen MR) is 98.4 cm³/mol. The molecule has 0 aliphatic heterocycles. The summed E-state index contributed by atoms with van der Waals surface area (Å²) in [6.07, 6.45) is -4.48. The molecule has 146 valence electrons. The molecule has 0 atom stereocenters. The van der Waals surface area contributed by atoms with Crippen LogP contribution >= 0.6 is 11.6 Å². The summed E-state index contributed by atoms with van der Waals surface area (Å²) in [5.41, 5.74) is 2.89. The monoisotopic (exact) mass is 402 g/mol. The van der Waals surface area contributed by atoms with Gasteiger partial charge in [-0.3, -0.25) is 5.43 Å². The fourth-order valence-corrected chi connectivity index (χ4v) is 2.45. The number of anilines is 1. The molecule has 27 heavy (non-hydrogen) atoms. The Morgan fingerprint density at radius 3 is 2.07 bits per heavy atom. The van der Waals surface area contributed by atoms with Crippen molar-refractivity contribution in [1.82, 2.24) is 0 Å². The van der Waals surface area contributed by atoms with Crippen molar-refractivity contribution < 1.29 is 27.4 Å². The third-order valence-corrected chi connectivity index (χ3v) is 4.05. The van der Waals surface area contributed by atoms with Crippen molar-refractivity contribution >= 4 is 23.0 Å². The highest BCUT2D eigenvalue weighted by atomic mass is 35.5. The molecule has 1 N–H and O–H groups in total. The first kappa shape index (κ1) is 20.7. The Balaban J connectivity index is 2.36. The van der Waals surface area contributed by atoms with Crippen molar-refractivity contribution in [3.63, 3.8) is 0 Å². The van der Waals surface area contributed by atoms with Crippen LogP contribution in [0, 0.1) is 0 Å². The lowest BCUT2D eigenvalue weighted by molar-refractivity contribution is -0.137. The zero-order valence-electron chi connectivity index (χ0n) is 15.1. The van der Waals surface area contributed by atoms with Gasteiger partial charge < -0.3 is 14.2 Å². The summed E-state index contributed by atoms with van der Waals surface area (Å²) in [7, 11) is 4.45. The van der Waals surface area contributed by atoms with Crippen LogP contribution < -0.4 is 19.6 Å². The normalized spacial score (nSPS) is 11.9. The minimum Gasteiger partial charge on any atom is -0.493 e. The van der Waals surface area contributed by atoms with Crippen molar-refractivity contribution in [2.24, 2.45) is 5.10 Å². The SMILES string of the molecule is COc1cc(C(C)=NNc2cc(C(F)(F)F)ccc2Cl)cc(OC)c1OC. The Labute approximate surface area is 159 Å². The third kappa shape index (κ3) is 4.77. The fraction of sp³-hybridized carbons (Fsp3) is 0.278. The molecule has 0 aliphatic carbocycles. The van der Waals surface area contributed by atoms with Crippen LogP contribution in [0.5, 0.6) is 17.2 Å². The summed E-state index contributed by atoms with van der Waals surface area (Å²) in [5, 5.41) is 4.23. The Kier molecular flexibility index (Phi) is 6.43. The Hall–Kier alpha value is -2.61. The Bertz CT molecular complexity index is 829. The van der Waals surface area contributed by atoms with Gasteiger partial charge in [-0.2, -0.15) is 18.3 Å². The minimum atomic E-state index is -4.48. The van der Waals surface area contributed by atoms with Crippen LogP contribution in [-0.4, -0.2) is 27.0 Å². The van der Waals surface area contributed by atoms with E-state index in [0.29, 0.717) is 28.5 Å². The highest BCUT2D eigenvalue weighted by Gasteiger charge is 2.31. The first-order chi connectivity index (χ1) is 12.7. The molecular weight excluding hydrogens is 385 g/mol. The topological polar surface area (TPSA) is 52.1 Å². The maximum Gasteiger partial charge on any atom is 0.416 e. The van der Waals surface area contributed by atoms with Crippen molar-refractivity contribution in [3.8, 4) is 17.2 Å². The standard InChI is InChI=1S/C18H18ClF3N2O3/c1-10(11-7-15(25-2)17(27-4)16(8-11)26-3)23-24-14-9-12(18(20,21)22)5-6-13(14)19/h5-9,24H,1-4H3. The van der Waals surface area contributed by atoms with Gasteiger partial charge in [-0.25, -0.2) is 0 Å². The number of rotatable bonds is 6. The van der Waals surface area contributed by atoms with Gasteiger partial charge in [-0.15, -0.1) is 0 Å². The number of hydrazone groups is 1. The molecule has 0 bridgehead atoms. The maximum absolute atomic E-state index is 12.9. The lowest BCUT2D eigenvalue weighted by atomic mass is 10.1. The number of hydrogen-bond donors (Lipinski definition) is 1. The molecule has 0 saturated heterocycles. The highest BCUT2D eigenvalue weighted by Crippen LogP contribution is 2.38. The van der Waals surface area contributed by atoms with Gasteiger partial charge >= 0.3 is 6.18 Å². The van der Waals surface area contributed by atoms with Crippen LogP contribution in [0.15, 0.2) is 35.4 Å². The fourth-order valence-electron chi connectivity index (χ4n) is 2.29. The van der Waals surface area contributed by atoms with E-state index < -0.39 is 11.7 Å². The Morgan fingerprint density at radius 2 is 1.59 bits per heavy atom. The molecule has 0 aliphatic rings. The number of halogens is 4. The number of benzene rings is 2. The van der Waals surface area contributed by atoms with E-state index in [1.807, 2.05) is 0 Å². The molecule has 0 unspecified atom stereocenters. The van der Waals surface area contributed by atoms with Gasteiger partial charge in [0.1, 0.15) is 0 Å². The summed E-state index contributed by atoms with van der Waals surface area (Å²) < 4.78 is 54.4. The molecular formula is C18H18ClF3N2O3. The molecule has 5 nitrogen and oxygen atoms in total. The molecule has 2 rings (SSSR count). The number of nitrogens with zero attached hydrogens (tertiary/aromatic N) is 1. The van der Waals surface area contributed by atoms with Crippen LogP contribution in [0.1, 0.15) is 18.1 Å². The molecule has 0 amide bonds. The second-order valence-corrected chi connectivity index (χ2v) is 5.82. The van der Waals surface area contributed by atoms with Crippen LogP contribution in [-0.2, 0) is 6.18 Å². The van der Waals surface area contributed by atoms with Gasteiger partial charge in [0, 0.05) is 5.56 Å². The van der Waals surface area contributed by atoms with E-state index in [0.717, 1.165) is 18.2 Å². The first-order valence-electron chi connectivity index (χ1n) is 7.68. The van der Waals surface area contributed by atoms with Gasteiger partial charge in [-0.1, -0.05) is 11.6 Å². The van der Waals surface area contributed by atoms with Gasteiger partial charge in [0.2, 0.25) is 5.75 Å². The minimum absolute atomic E-state index is 0.0401. The van der Waals surface area contributed by atoms with Gasteiger partial charge in [0.25, 0.3) is 0 Å². The zero-order chi connectivity index (χ0) is 20.2. The van der Waals surface area contributed by atoms with Crippen molar-refractivity contribution in [3.05, 3.63) is 46.5 Å². The van der Waals surface area contributed by atoms with E-state index in [-0.39, 0.29) is 10.7 Å². The van der Waals surface area contributed by atoms with Crippen molar-refractivity contribution in [1.29, 1.82) is 0 Å². The lowest BCUT2D eigenvalue weighted by Crippen LogP contribution is -2.06. The lowest BCUT2D eigenvalue weighted by Gasteiger charge is -2.14. The number of methoxy groups -OCH3 is 3. The number of alkyl halides is 3. The van der Waals surface area contributed by atoms with E-state index in [1.165, 1.54) is 21.3 Å². The van der Waals surface area contributed by atoms with E-state index in [9.17, 15) is 13.2 Å². The zero-order valence-corrected chi connectivity index (χ0v) is 15.8. The van der Waals surface area contributed by atoms with E-state index >= 15 is 0 Å². The van der Waals surface area contributed by atoms with Crippen LogP contribution in [0.25, 0.3) is 0 Å². The van der Waals surface area contributed by atoms with E-state index in [4.69, 9.17) is 25.8 Å². The number of nitrogens with one attached hydrogen (secondary N) is 1. The molecule has 2 aromatic rings. The quantitative estimate of drug-likeness (QED) is 0.531. The van der Waals surface area contributed by atoms with Crippen LogP contribution in [0.2, 0.25) is 5.02 Å². The number of ether oxygens (including phenoxy) is 3. The van der Waals surface area contributed by atoms with E-state index in [1.54, 1.807) is 19.1 Å². The highest BCUT2D eigenvalue weighted by molar-refractivity contribution is 6.33. The third-order valence-electron chi connectivity index (χ3n) is 3.72. The summed E-state index contributed by atoms with van der Waals surface area (Å²) in [6, 6.07) is 6.32. The summed E-state index contributed by atoms with van der Waals surface area (Å²) in [5.74, 6) is 1.28. The average Bonchev–Trinajstić information content (AvgIpc) is 2.64. The average molecular weight is 403 g/mol. The molecule has 0 radical (unpaired) electrons. The molecule has 0 saturated carbocycles.